The highest BCUT2D eigenvalue weighted by Gasteiger charge is 2.18. The van der Waals surface area contributed by atoms with Gasteiger partial charge in [0.2, 0.25) is 0 Å². The van der Waals surface area contributed by atoms with Crippen molar-refractivity contribution in [1.29, 1.82) is 0 Å². The van der Waals surface area contributed by atoms with Crippen LogP contribution in [-0.4, -0.2) is 7.05 Å². The molecule has 1 N–H and O–H groups in total. The third-order valence-corrected chi connectivity index (χ3v) is 5.49. The maximum Gasteiger partial charge on any atom is 0.0587 e. The van der Waals surface area contributed by atoms with E-state index in [0.717, 1.165) is 9.50 Å². The van der Waals surface area contributed by atoms with E-state index in [4.69, 9.17) is 11.6 Å². The average Bonchev–Trinajstić information content (AvgIpc) is 2.40. The Morgan fingerprint density at radius 2 is 1.80 bits per heavy atom. The molecule has 2 rings (SSSR count). The van der Waals surface area contributed by atoms with Crippen LogP contribution in [0.25, 0.3) is 0 Å². The Kier molecular flexibility index (Phi) is 5.51. The second kappa shape index (κ2) is 6.77. The molecule has 0 spiro atoms. The molecule has 1 atom stereocenters. The molecule has 0 aliphatic heterocycles. The van der Waals surface area contributed by atoms with Crippen molar-refractivity contribution in [2.75, 3.05) is 7.05 Å². The van der Waals surface area contributed by atoms with E-state index in [2.05, 4.69) is 75.9 Å². The molecule has 1 nitrogen and oxygen atoms in total. The van der Waals surface area contributed by atoms with E-state index in [1.54, 1.807) is 0 Å². The van der Waals surface area contributed by atoms with Crippen LogP contribution in [0, 0.1) is 17.4 Å². The molecule has 0 aliphatic carbocycles. The Morgan fingerprint density at radius 1 is 1.10 bits per heavy atom. The third-order valence-electron chi connectivity index (χ3n) is 3.42. The van der Waals surface area contributed by atoms with Gasteiger partial charge in [-0.05, 0) is 90.0 Å². The number of halogens is 3. The Bertz CT molecular complexity index is 643. The van der Waals surface area contributed by atoms with Crippen molar-refractivity contribution in [2.45, 2.75) is 19.9 Å². The van der Waals surface area contributed by atoms with Gasteiger partial charge in [-0.3, -0.25) is 0 Å². The van der Waals surface area contributed by atoms with Crippen LogP contribution in [-0.2, 0) is 0 Å². The van der Waals surface area contributed by atoms with Crippen molar-refractivity contribution in [1.82, 2.24) is 5.32 Å². The third kappa shape index (κ3) is 3.38. The molecule has 4 heteroatoms. The molecule has 0 aromatic heterocycles. The molecule has 0 saturated heterocycles. The summed E-state index contributed by atoms with van der Waals surface area (Å²) < 4.78 is 2.36. The lowest BCUT2D eigenvalue weighted by atomic mass is 9.94. The minimum atomic E-state index is 0.146. The van der Waals surface area contributed by atoms with E-state index in [-0.39, 0.29) is 6.04 Å². The maximum absolute atomic E-state index is 6.16. The van der Waals surface area contributed by atoms with Crippen LogP contribution in [0.2, 0.25) is 5.02 Å². The lowest BCUT2D eigenvalue weighted by molar-refractivity contribution is 0.683. The minimum Gasteiger partial charge on any atom is -0.309 e. The van der Waals surface area contributed by atoms with Crippen LogP contribution in [0.4, 0.5) is 0 Å². The molecule has 0 aliphatic rings. The van der Waals surface area contributed by atoms with E-state index < -0.39 is 0 Å². The van der Waals surface area contributed by atoms with Crippen molar-refractivity contribution in [2.24, 2.45) is 0 Å². The summed E-state index contributed by atoms with van der Waals surface area (Å²) in [7, 11) is 1.98. The normalized spacial score (nSPS) is 12.5. The summed E-state index contributed by atoms with van der Waals surface area (Å²) in [6.45, 7) is 4.25. The monoisotopic (exact) mass is 463 g/mol. The molecule has 20 heavy (non-hydrogen) atoms. The van der Waals surface area contributed by atoms with Gasteiger partial charge in [0, 0.05) is 13.1 Å². The first-order chi connectivity index (χ1) is 9.43. The lowest BCUT2D eigenvalue weighted by Crippen LogP contribution is -2.20. The Labute approximate surface area is 147 Å². The standard InChI is InChI=1S/C16H16BrClIN/c1-9-7-14(17)10(2)6-12(9)16(20-3)13-8-11(18)4-5-15(13)19/h4-8,16,20H,1-3H3. The zero-order chi connectivity index (χ0) is 14.9. The molecule has 2 aromatic rings. The SMILES string of the molecule is CNC(c1cc(C)c(Br)cc1C)c1cc(Cl)ccc1I. The van der Waals surface area contributed by atoms with Gasteiger partial charge in [0.15, 0.2) is 0 Å². The topological polar surface area (TPSA) is 12.0 Å². The quantitative estimate of drug-likeness (QED) is 0.581. The second-order valence-electron chi connectivity index (χ2n) is 4.85. The first-order valence-electron chi connectivity index (χ1n) is 6.33. The zero-order valence-electron chi connectivity index (χ0n) is 11.6. The first-order valence-corrected chi connectivity index (χ1v) is 8.58. The van der Waals surface area contributed by atoms with Crippen molar-refractivity contribution in [3.63, 3.8) is 0 Å². The summed E-state index contributed by atoms with van der Waals surface area (Å²) in [6.07, 6.45) is 0. The van der Waals surface area contributed by atoms with Crippen molar-refractivity contribution in [3.8, 4) is 0 Å². The van der Waals surface area contributed by atoms with Gasteiger partial charge in [-0.1, -0.05) is 33.6 Å². The molecule has 0 heterocycles. The molecular weight excluding hydrogens is 448 g/mol. The molecule has 106 valence electrons. The molecule has 0 radical (unpaired) electrons. The van der Waals surface area contributed by atoms with Gasteiger partial charge in [0.25, 0.3) is 0 Å². The lowest BCUT2D eigenvalue weighted by Gasteiger charge is -2.22. The molecule has 0 saturated carbocycles. The van der Waals surface area contributed by atoms with Crippen LogP contribution < -0.4 is 5.32 Å². The average molecular weight is 465 g/mol. The summed E-state index contributed by atoms with van der Waals surface area (Å²) >= 11 is 12.1. The van der Waals surface area contributed by atoms with Crippen LogP contribution in [0.3, 0.4) is 0 Å². The van der Waals surface area contributed by atoms with E-state index in [1.165, 1.54) is 25.8 Å². The predicted molar refractivity (Wildman–Crippen MR) is 98.7 cm³/mol. The number of hydrogen-bond donors (Lipinski definition) is 1. The summed E-state index contributed by atoms with van der Waals surface area (Å²) in [4.78, 5) is 0. The molecule has 0 bridgehead atoms. The zero-order valence-corrected chi connectivity index (χ0v) is 16.1. The Balaban J connectivity index is 2.58. The number of hydrogen-bond acceptors (Lipinski definition) is 1. The van der Waals surface area contributed by atoms with Gasteiger partial charge < -0.3 is 5.32 Å². The fraction of sp³-hybridized carbons (Fsp3) is 0.250. The first kappa shape index (κ1) is 16.3. The van der Waals surface area contributed by atoms with E-state index in [9.17, 15) is 0 Å². The van der Waals surface area contributed by atoms with E-state index >= 15 is 0 Å². The van der Waals surface area contributed by atoms with Crippen LogP contribution in [0.1, 0.15) is 28.3 Å². The van der Waals surface area contributed by atoms with Crippen LogP contribution in [0.15, 0.2) is 34.8 Å². The summed E-state index contributed by atoms with van der Waals surface area (Å²) in [5.74, 6) is 0. The second-order valence-corrected chi connectivity index (χ2v) is 7.30. The highest BCUT2D eigenvalue weighted by molar-refractivity contribution is 14.1. The van der Waals surface area contributed by atoms with Crippen LogP contribution in [0.5, 0.6) is 0 Å². The number of rotatable bonds is 3. The highest BCUT2D eigenvalue weighted by Crippen LogP contribution is 2.32. The fourth-order valence-electron chi connectivity index (χ4n) is 2.33. The van der Waals surface area contributed by atoms with Gasteiger partial charge in [-0.15, -0.1) is 0 Å². The number of nitrogens with one attached hydrogen (secondary N) is 1. The number of benzene rings is 2. The van der Waals surface area contributed by atoms with Gasteiger partial charge in [0.1, 0.15) is 0 Å². The molecule has 1 unspecified atom stereocenters. The smallest absolute Gasteiger partial charge is 0.0587 e. The van der Waals surface area contributed by atoms with Crippen molar-refractivity contribution >= 4 is 50.1 Å². The molecule has 0 fully saturated rings. The molecular formula is C16H16BrClIN. The Morgan fingerprint density at radius 3 is 2.45 bits per heavy atom. The van der Waals surface area contributed by atoms with Gasteiger partial charge >= 0.3 is 0 Å². The van der Waals surface area contributed by atoms with Crippen molar-refractivity contribution < 1.29 is 0 Å². The fourth-order valence-corrected chi connectivity index (χ4v) is 3.61. The van der Waals surface area contributed by atoms with Crippen molar-refractivity contribution in [3.05, 3.63) is 65.7 Å². The van der Waals surface area contributed by atoms with Gasteiger partial charge in [0.05, 0.1) is 6.04 Å². The summed E-state index contributed by atoms with van der Waals surface area (Å²) in [5.41, 5.74) is 5.00. The van der Waals surface area contributed by atoms with Gasteiger partial charge in [-0.25, -0.2) is 0 Å². The largest absolute Gasteiger partial charge is 0.309 e. The molecule has 2 aromatic carbocycles. The molecule has 0 amide bonds. The number of aryl methyl sites for hydroxylation is 2. The van der Waals surface area contributed by atoms with E-state index in [1.807, 2.05) is 19.2 Å². The minimum absolute atomic E-state index is 0.146. The summed E-state index contributed by atoms with van der Waals surface area (Å²) in [5, 5.41) is 4.18. The van der Waals surface area contributed by atoms with E-state index in [0.29, 0.717) is 0 Å². The summed E-state index contributed by atoms with van der Waals surface area (Å²) in [6, 6.07) is 10.6. The Hall–Kier alpha value is -0.100. The predicted octanol–water partition coefficient (Wildman–Crippen LogP) is 5.63. The van der Waals surface area contributed by atoms with Gasteiger partial charge in [-0.2, -0.15) is 0 Å². The highest BCUT2D eigenvalue weighted by atomic mass is 127. The maximum atomic E-state index is 6.16. The van der Waals surface area contributed by atoms with Crippen LogP contribution >= 0.6 is 50.1 Å².